The lowest BCUT2D eigenvalue weighted by atomic mass is 10.1. The monoisotopic (exact) mass is 358 g/mol. The molecular formula is C15H19ClN2O4S. The van der Waals surface area contributed by atoms with E-state index in [2.05, 4.69) is 11.0 Å². The van der Waals surface area contributed by atoms with Crippen LogP contribution in [0.3, 0.4) is 0 Å². The van der Waals surface area contributed by atoms with Crippen molar-refractivity contribution in [1.29, 1.82) is 0 Å². The predicted octanol–water partition coefficient (Wildman–Crippen LogP) is 3.76. The van der Waals surface area contributed by atoms with E-state index in [9.17, 15) is 14.9 Å². The molecule has 1 atom stereocenters. The summed E-state index contributed by atoms with van der Waals surface area (Å²) in [6.45, 7) is 1.47. The van der Waals surface area contributed by atoms with Crippen LogP contribution in [0.5, 0.6) is 0 Å². The highest BCUT2D eigenvalue weighted by Gasteiger charge is 2.27. The van der Waals surface area contributed by atoms with Gasteiger partial charge in [0.2, 0.25) is 0 Å². The number of thioether (sulfide) groups is 1. The number of hydrogen-bond donors (Lipinski definition) is 0. The molecule has 1 aliphatic rings. The average molecular weight is 359 g/mol. The first-order valence-electron chi connectivity index (χ1n) is 7.32. The second kappa shape index (κ2) is 7.88. The summed E-state index contributed by atoms with van der Waals surface area (Å²) >= 11 is 7.92. The van der Waals surface area contributed by atoms with Crippen LogP contribution >= 0.6 is 23.4 Å². The number of nitro groups is 1. The van der Waals surface area contributed by atoms with E-state index in [1.165, 1.54) is 19.2 Å². The summed E-state index contributed by atoms with van der Waals surface area (Å²) in [5.41, 5.74) is 0.367. The Morgan fingerprint density at radius 2 is 2.22 bits per heavy atom. The lowest BCUT2D eigenvalue weighted by Crippen LogP contribution is -2.30. The topological polar surface area (TPSA) is 72.7 Å². The minimum Gasteiger partial charge on any atom is -0.465 e. The molecule has 0 aliphatic carbocycles. The lowest BCUT2D eigenvalue weighted by Gasteiger charge is -2.25. The molecule has 8 heteroatoms. The molecular weight excluding hydrogens is 340 g/mol. The van der Waals surface area contributed by atoms with Crippen molar-refractivity contribution < 1.29 is 14.5 Å². The fourth-order valence-corrected chi connectivity index (χ4v) is 3.70. The van der Waals surface area contributed by atoms with E-state index in [1.54, 1.807) is 11.8 Å². The third kappa shape index (κ3) is 4.09. The Kier molecular flexibility index (Phi) is 6.12. The number of ether oxygens (including phenoxy) is 1. The molecule has 0 aromatic heterocycles. The summed E-state index contributed by atoms with van der Waals surface area (Å²) < 4.78 is 4.63. The van der Waals surface area contributed by atoms with Crippen molar-refractivity contribution in [2.45, 2.75) is 24.5 Å². The SMILES string of the molecule is COC(=O)c1cc([N+](=O)[O-])c(N2CCCCC(SC)C2)cc1Cl. The number of carbonyl (C=O) groups excluding carboxylic acids is 1. The smallest absolute Gasteiger partial charge is 0.339 e. The molecule has 0 saturated carbocycles. The molecule has 0 spiro atoms. The van der Waals surface area contributed by atoms with Gasteiger partial charge in [0, 0.05) is 24.4 Å². The Morgan fingerprint density at radius 3 is 2.83 bits per heavy atom. The number of esters is 1. The largest absolute Gasteiger partial charge is 0.465 e. The van der Waals surface area contributed by atoms with Gasteiger partial charge in [-0.1, -0.05) is 18.0 Å². The third-order valence-electron chi connectivity index (χ3n) is 3.97. The van der Waals surface area contributed by atoms with Gasteiger partial charge in [-0.3, -0.25) is 10.1 Å². The highest BCUT2D eigenvalue weighted by atomic mass is 35.5. The summed E-state index contributed by atoms with van der Waals surface area (Å²) in [5.74, 6) is -0.678. The van der Waals surface area contributed by atoms with E-state index in [4.69, 9.17) is 11.6 Å². The Labute approximate surface area is 144 Å². The molecule has 126 valence electrons. The van der Waals surface area contributed by atoms with Crippen LogP contribution in [0, 0.1) is 10.1 Å². The van der Waals surface area contributed by atoms with Crippen LogP contribution in [0.25, 0.3) is 0 Å². The van der Waals surface area contributed by atoms with Crippen molar-refractivity contribution in [2.24, 2.45) is 0 Å². The molecule has 0 bridgehead atoms. The molecule has 23 heavy (non-hydrogen) atoms. The number of methoxy groups -OCH3 is 1. The third-order valence-corrected chi connectivity index (χ3v) is 5.33. The summed E-state index contributed by atoms with van der Waals surface area (Å²) in [7, 11) is 1.22. The van der Waals surface area contributed by atoms with Gasteiger partial charge in [0.15, 0.2) is 0 Å². The summed E-state index contributed by atoms with van der Waals surface area (Å²) in [4.78, 5) is 24.7. The first-order chi connectivity index (χ1) is 11.0. The van der Waals surface area contributed by atoms with Crippen molar-refractivity contribution in [3.63, 3.8) is 0 Å². The van der Waals surface area contributed by atoms with Gasteiger partial charge in [-0.15, -0.1) is 0 Å². The van der Waals surface area contributed by atoms with E-state index in [0.29, 0.717) is 10.9 Å². The van der Waals surface area contributed by atoms with Gasteiger partial charge in [-0.2, -0.15) is 11.8 Å². The second-order valence-electron chi connectivity index (χ2n) is 5.37. The second-order valence-corrected chi connectivity index (χ2v) is 6.91. The molecule has 1 aromatic rings. The minimum atomic E-state index is -0.678. The van der Waals surface area contributed by atoms with E-state index >= 15 is 0 Å². The maximum Gasteiger partial charge on any atom is 0.339 e. The van der Waals surface area contributed by atoms with Gasteiger partial charge in [0.1, 0.15) is 5.69 Å². The number of benzene rings is 1. The van der Waals surface area contributed by atoms with Crippen molar-refractivity contribution in [1.82, 2.24) is 0 Å². The summed E-state index contributed by atoms with van der Waals surface area (Å²) in [6, 6.07) is 2.72. The average Bonchev–Trinajstić information content (AvgIpc) is 2.79. The summed E-state index contributed by atoms with van der Waals surface area (Å²) in [6.07, 6.45) is 5.23. The maximum absolute atomic E-state index is 11.7. The minimum absolute atomic E-state index is 0.0147. The van der Waals surface area contributed by atoms with Crippen LogP contribution < -0.4 is 4.90 Å². The van der Waals surface area contributed by atoms with Crippen LogP contribution in [-0.2, 0) is 4.74 Å². The molecule has 6 nitrogen and oxygen atoms in total. The number of nitrogens with zero attached hydrogens (tertiary/aromatic N) is 2. The number of nitro benzene ring substituents is 1. The van der Waals surface area contributed by atoms with Crippen molar-refractivity contribution in [3.05, 3.63) is 32.8 Å². The Balaban J connectivity index is 2.46. The quantitative estimate of drug-likeness (QED) is 0.463. The number of hydrogen-bond acceptors (Lipinski definition) is 6. The highest BCUT2D eigenvalue weighted by molar-refractivity contribution is 7.99. The van der Waals surface area contributed by atoms with Crippen LogP contribution in [0.15, 0.2) is 12.1 Å². The fourth-order valence-electron chi connectivity index (χ4n) is 2.73. The molecule has 1 unspecified atom stereocenters. The zero-order chi connectivity index (χ0) is 17.0. The van der Waals surface area contributed by atoms with Crippen molar-refractivity contribution >= 4 is 40.7 Å². The van der Waals surface area contributed by atoms with Gasteiger partial charge in [-0.25, -0.2) is 4.79 Å². The van der Waals surface area contributed by atoms with Crippen molar-refractivity contribution in [3.8, 4) is 0 Å². The molecule has 0 amide bonds. The molecule has 1 saturated heterocycles. The first kappa shape index (κ1) is 17.9. The molecule has 2 rings (SSSR count). The standard InChI is InChI=1S/C15H19ClN2O4S/c1-22-15(19)11-7-14(18(20)21)13(8-12(11)16)17-6-4-3-5-10(9-17)23-2/h7-8,10H,3-6,9H2,1-2H3. The van der Waals surface area contributed by atoms with Gasteiger partial charge < -0.3 is 9.64 Å². The first-order valence-corrected chi connectivity index (χ1v) is 8.98. The number of carbonyl (C=O) groups is 1. The van der Waals surface area contributed by atoms with Crippen LogP contribution in [0.2, 0.25) is 5.02 Å². The number of halogens is 1. The lowest BCUT2D eigenvalue weighted by molar-refractivity contribution is -0.384. The highest BCUT2D eigenvalue weighted by Crippen LogP contribution is 2.36. The van der Waals surface area contributed by atoms with Crippen LogP contribution in [0.4, 0.5) is 11.4 Å². The molecule has 1 fully saturated rings. The number of rotatable bonds is 4. The molecule has 1 aromatic carbocycles. The molecule has 0 radical (unpaired) electrons. The van der Waals surface area contributed by atoms with Gasteiger partial charge >= 0.3 is 5.97 Å². The van der Waals surface area contributed by atoms with E-state index in [-0.39, 0.29) is 16.3 Å². The normalized spacial score (nSPS) is 18.4. The van der Waals surface area contributed by atoms with Crippen LogP contribution in [-0.4, -0.2) is 42.6 Å². The molecule has 1 aliphatic heterocycles. The zero-order valence-corrected chi connectivity index (χ0v) is 14.7. The molecule has 1 heterocycles. The molecule has 0 N–H and O–H groups in total. The van der Waals surface area contributed by atoms with Gasteiger partial charge in [0.05, 0.1) is 22.6 Å². The van der Waals surface area contributed by atoms with Crippen LogP contribution in [0.1, 0.15) is 29.6 Å². The Morgan fingerprint density at radius 1 is 1.48 bits per heavy atom. The Bertz CT molecular complexity index is 611. The van der Waals surface area contributed by atoms with E-state index < -0.39 is 10.9 Å². The van der Waals surface area contributed by atoms with E-state index in [1.807, 2.05) is 4.90 Å². The zero-order valence-electron chi connectivity index (χ0n) is 13.1. The Hall–Kier alpha value is -1.47. The maximum atomic E-state index is 11.7. The van der Waals surface area contributed by atoms with Gasteiger partial charge in [-0.05, 0) is 25.2 Å². The summed E-state index contributed by atoms with van der Waals surface area (Å²) in [5, 5.41) is 12.1. The fraction of sp³-hybridized carbons (Fsp3) is 0.533. The van der Waals surface area contributed by atoms with Gasteiger partial charge in [0.25, 0.3) is 5.69 Å². The van der Waals surface area contributed by atoms with E-state index in [0.717, 1.165) is 32.4 Å². The number of anilines is 1. The van der Waals surface area contributed by atoms with Crippen molar-refractivity contribution in [2.75, 3.05) is 31.4 Å². The predicted molar refractivity (Wildman–Crippen MR) is 92.8 cm³/mol.